The zero-order valence-corrected chi connectivity index (χ0v) is 12.0. The number of halogens is 2. The highest BCUT2D eigenvalue weighted by atomic mass is 35.5. The van der Waals surface area contributed by atoms with Crippen molar-refractivity contribution in [2.24, 2.45) is 0 Å². The second-order valence-corrected chi connectivity index (χ2v) is 5.73. The molecule has 0 unspecified atom stereocenters. The maximum absolute atomic E-state index is 5.92. The quantitative estimate of drug-likeness (QED) is 0.527. The van der Waals surface area contributed by atoms with E-state index < -0.39 is 0 Å². The average Bonchev–Trinajstić information content (AvgIpc) is 2.69. The molecule has 7 heteroatoms. The molecule has 16 heavy (non-hydrogen) atoms. The molecule has 2 rings (SSSR count). The van der Waals surface area contributed by atoms with Crippen LogP contribution in [0.15, 0.2) is 16.2 Å². The van der Waals surface area contributed by atoms with E-state index in [1.165, 1.54) is 18.2 Å². The van der Waals surface area contributed by atoms with E-state index in [2.05, 4.69) is 15.3 Å². The Hall–Kier alpha value is 0.320. The van der Waals surface area contributed by atoms with E-state index in [0.717, 1.165) is 23.3 Å². The topological polar surface area (TPSA) is 37.8 Å². The lowest BCUT2D eigenvalue weighted by atomic mass is 10.4. The van der Waals surface area contributed by atoms with Crippen LogP contribution in [-0.4, -0.2) is 34.6 Å². The Labute approximate surface area is 115 Å². The predicted octanol–water partition coefficient (Wildman–Crippen LogP) is 2.73. The first kappa shape index (κ1) is 14.4. The van der Waals surface area contributed by atoms with Crippen molar-refractivity contribution in [3.05, 3.63) is 11.2 Å². The van der Waals surface area contributed by atoms with E-state index in [9.17, 15) is 0 Å². The Bertz CT molecular complexity index is 346. The van der Waals surface area contributed by atoms with Gasteiger partial charge in [-0.15, -0.1) is 24.2 Å². The van der Waals surface area contributed by atoms with Crippen molar-refractivity contribution in [2.45, 2.75) is 21.9 Å². The summed E-state index contributed by atoms with van der Waals surface area (Å²) in [5.74, 6) is 0. The summed E-state index contributed by atoms with van der Waals surface area (Å²) in [5.41, 5.74) is 0. The molecule has 0 amide bonds. The maximum atomic E-state index is 5.92. The van der Waals surface area contributed by atoms with E-state index in [1.807, 2.05) is 12.3 Å². The first-order valence-corrected chi connectivity index (χ1v) is 7.22. The van der Waals surface area contributed by atoms with Crippen molar-refractivity contribution in [3.63, 3.8) is 0 Å². The largest absolute Gasteiger partial charge is 0.316 e. The lowest BCUT2D eigenvalue weighted by Gasteiger charge is -2.07. The normalized spacial score (nSPS) is 19.5. The van der Waals surface area contributed by atoms with Crippen LogP contribution in [-0.2, 0) is 0 Å². The summed E-state index contributed by atoms with van der Waals surface area (Å²) >= 11 is 9.22. The van der Waals surface area contributed by atoms with Crippen LogP contribution in [0.5, 0.6) is 0 Å². The highest BCUT2D eigenvalue weighted by Gasteiger charge is 2.16. The second-order valence-electron chi connectivity index (χ2n) is 3.25. The van der Waals surface area contributed by atoms with Crippen molar-refractivity contribution < 1.29 is 0 Å². The Balaban J connectivity index is 0.00000128. The molecule has 90 valence electrons. The van der Waals surface area contributed by atoms with Crippen molar-refractivity contribution in [1.82, 2.24) is 15.3 Å². The van der Waals surface area contributed by atoms with Gasteiger partial charge in [-0.25, -0.2) is 9.97 Å². The molecule has 1 aromatic heterocycles. The molecular weight excluding hydrogens is 285 g/mol. The standard InChI is InChI=1S/C9H12ClN3S2.ClH/c1-14-9-12-7(10)4-8(13-9)15-6-2-3-11-5-6;/h4,6,11H,2-3,5H2,1H3;1H/t6-;/m0./s1. The summed E-state index contributed by atoms with van der Waals surface area (Å²) < 4.78 is 0. The molecule has 3 nitrogen and oxygen atoms in total. The molecule has 1 aromatic rings. The van der Waals surface area contributed by atoms with Gasteiger partial charge in [0.1, 0.15) is 10.2 Å². The summed E-state index contributed by atoms with van der Waals surface area (Å²) in [6, 6.07) is 1.84. The molecule has 0 aliphatic carbocycles. The van der Waals surface area contributed by atoms with Crippen LogP contribution in [0.1, 0.15) is 6.42 Å². The van der Waals surface area contributed by atoms with Crippen LogP contribution in [0.25, 0.3) is 0 Å². The number of thioether (sulfide) groups is 2. The summed E-state index contributed by atoms with van der Waals surface area (Å²) in [6.45, 7) is 2.16. The van der Waals surface area contributed by atoms with Crippen LogP contribution in [0.4, 0.5) is 0 Å². The van der Waals surface area contributed by atoms with E-state index in [1.54, 1.807) is 11.8 Å². The fraction of sp³-hybridized carbons (Fsp3) is 0.556. The minimum Gasteiger partial charge on any atom is -0.316 e. The van der Waals surface area contributed by atoms with Gasteiger partial charge in [-0.3, -0.25) is 0 Å². The van der Waals surface area contributed by atoms with Crippen LogP contribution < -0.4 is 5.32 Å². The van der Waals surface area contributed by atoms with E-state index in [4.69, 9.17) is 11.6 Å². The van der Waals surface area contributed by atoms with Gasteiger partial charge >= 0.3 is 0 Å². The zero-order chi connectivity index (χ0) is 10.7. The molecule has 1 aliphatic rings. The first-order valence-electron chi connectivity index (χ1n) is 4.74. The molecule has 1 aliphatic heterocycles. The summed E-state index contributed by atoms with van der Waals surface area (Å²) in [7, 11) is 0. The van der Waals surface area contributed by atoms with E-state index in [-0.39, 0.29) is 12.4 Å². The fourth-order valence-corrected chi connectivity index (χ4v) is 3.26. The van der Waals surface area contributed by atoms with Gasteiger partial charge in [0, 0.05) is 17.9 Å². The maximum Gasteiger partial charge on any atom is 0.189 e. The number of hydrogen-bond acceptors (Lipinski definition) is 5. The third-order valence-electron chi connectivity index (χ3n) is 2.14. The Kier molecular flexibility index (Phi) is 6.21. The molecule has 1 atom stereocenters. The van der Waals surface area contributed by atoms with Crippen molar-refractivity contribution in [3.8, 4) is 0 Å². The molecule has 2 heterocycles. The molecule has 0 saturated carbocycles. The van der Waals surface area contributed by atoms with E-state index >= 15 is 0 Å². The highest BCUT2D eigenvalue weighted by Crippen LogP contribution is 2.28. The molecule has 0 radical (unpaired) electrons. The summed E-state index contributed by atoms with van der Waals surface area (Å²) in [6.07, 6.45) is 3.15. The smallest absolute Gasteiger partial charge is 0.189 e. The minimum atomic E-state index is 0. The summed E-state index contributed by atoms with van der Waals surface area (Å²) in [5, 5.41) is 6.21. The monoisotopic (exact) mass is 297 g/mol. The number of nitrogens with one attached hydrogen (secondary N) is 1. The second kappa shape index (κ2) is 6.91. The van der Waals surface area contributed by atoms with Crippen LogP contribution in [0, 0.1) is 0 Å². The lowest BCUT2D eigenvalue weighted by molar-refractivity contribution is 0.857. The third kappa shape index (κ3) is 3.96. The molecule has 0 spiro atoms. The zero-order valence-electron chi connectivity index (χ0n) is 8.77. The SMILES string of the molecule is CSc1nc(Cl)cc(S[C@H]2CCNC2)n1.Cl. The Morgan fingerprint density at radius 3 is 2.94 bits per heavy atom. The number of nitrogens with zero attached hydrogens (tertiary/aromatic N) is 2. The van der Waals surface area contributed by atoms with Crippen molar-refractivity contribution in [1.29, 1.82) is 0 Å². The number of hydrogen-bond donors (Lipinski definition) is 1. The average molecular weight is 298 g/mol. The van der Waals surface area contributed by atoms with Crippen molar-refractivity contribution >= 4 is 47.5 Å². The molecule has 1 saturated heterocycles. The van der Waals surface area contributed by atoms with Gasteiger partial charge in [0.15, 0.2) is 5.16 Å². The van der Waals surface area contributed by atoms with Gasteiger partial charge in [-0.05, 0) is 19.2 Å². The number of rotatable bonds is 3. The molecular formula is C9H13Cl2N3S2. The van der Waals surface area contributed by atoms with Gasteiger partial charge < -0.3 is 5.32 Å². The Morgan fingerprint density at radius 1 is 1.50 bits per heavy atom. The minimum absolute atomic E-state index is 0. The van der Waals surface area contributed by atoms with Crippen LogP contribution in [0.3, 0.4) is 0 Å². The third-order valence-corrected chi connectivity index (χ3v) is 4.06. The first-order chi connectivity index (χ1) is 7.28. The van der Waals surface area contributed by atoms with Gasteiger partial charge in [0.05, 0.1) is 0 Å². The Morgan fingerprint density at radius 2 is 2.31 bits per heavy atom. The van der Waals surface area contributed by atoms with Gasteiger partial charge in [-0.2, -0.15) is 0 Å². The molecule has 1 fully saturated rings. The van der Waals surface area contributed by atoms with Gasteiger partial charge in [-0.1, -0.05) is 23.4 Å². The van der Waals surface area contributed by atoms with E-state index in [0.29, 0.717) is 10.4 Å². The molecule has 0 bridgehead atoms. The number of aromatic nitrogens is 2. The van der Waals surface area contributed by atoms with Crippen LogP contribution >= 0.6 is 47.5 Å². The lowest BCUT2D eigenvalue weighted by Crippen LogP contribution is -2.10. The van der Waals surface area contributed by atoms with Gasteiger partial charge in [0.25, 0.3) is 0 Å². The highest BCUT2D eigenvalue weighted by molar-refractivity contribution is 8.00. The fourth-order valence-electron chi connectivity index (χ4n) is 1.43. The molecule has 1 N–H and O–H groups in total. The van der Waals surface area contributed by atoms with Crippen molar-refractivity contribution in [2.75, 3.05) is 19.3 Å². The molecule has 0 aromatic carbocycles. The predicted molar refractivity (Wildman–Crippen MR) is 73.2 cm³/mol. The van der Waals surface area contributed by atoms with Crippen LogP contribution in [0.2, 0.25) is 5.15 Å². The summed E-state index contributed by atoms with van der Waals surface area (Å²) in [4.78, 5) is 8.53. The van der Waals surface area contributed by atoms with Gasteiger partial charge in [0.2, 0.25) is 0 Å².